The second-order valence-corrected chi connectivity index (χ2v) is 9.72. The first-order valence-electron chi connectivity index (χ1n) is 12.2. The van der Waals surface area contributed by atoms with Gasteiger partial charge in [0.05, 0.1) is 17.9 Å². The Morgan fingerprint density at radius 3 is 2.62 bits per heavy atom. The monoisotopic (exact) mass is 553 g/mol. The summed E-state index contributed by atoms with van der Waals surface area (Å²) in [4.78, 5) is 19.3. The van der Waals surface area contributed by atoms with Crippen LogP contribution < -0.4 is 10.2 Å². The van der Waals surface area contributed by atoms with E-state index in [1.807, 2.05) is 19.1 Å². The van der Waals surface area contributed by atoms with E-state index < -0.39 is 17.6 Å². The number of nitrogens with one attached hydrogen (secondary N) is 1. The number of carbonyl (C=O) groups is 1. The van der Waals surface area contributed by atoms with Gasteiger partial charge in [0.2, 0.25) is 0 Å². The predicted molar refractivity (Wildman–Crippen MR) is 142 cm³/mol. The Bertz CT molecular complexity index is 1620. The third-order valence-electron chi connectivity index (χ3n) is 6.44. The fraction of sp³-hybridized carbons (Fsp3) is 0.250. The molecule has 3 heterocycles. The summed E-state index contributed by atoms with van der Waals surface area (Å²) in [6, 6.07) is 11.5. The molecule has 5 rings (SSSR count). The van der Waals surface area contributed by atoms with Crippen LogP contribution in [0.25, 0.3) is 5.65 Å². The predicted octanol–water partition coefficient (Wildman–Crippen LogP) is 5.32. The Morgan fingerprint density at radius 2 is 1.87 bits per heavy atom. The standard InChI is InChI=1S/C28H23ClF3N5O2/c1-17-2-3-19(27(39)34-22-14-20(28(30,31)32)13-21(29)15-22)12-18(17)4-5-23-16-33-25-6-7-26(35-37(23)25)36-10-8-24(38)9-11-36/h2-3,6-7,12-16,24,38H,8-11H2,1H3,(H,34,39). The van der Waals surface area contributed by atoms with E-state index in [0.29, 0.717) is 42.8 Å². The maximum absolute atomic E-state index is 13.1. The van der Waals surface area contributed by atoms with Gasteiger partial charge in [-0.1, -0.05) is 23.6 Å². The second kappa shape index (κ2) is 10.6. The first-order chi connectivity index (χ1) is 18.6. The lowest BCUT2D eigenvalue weighted by Gasteiger charge is -2.30. The van der Waals surface area contributed by atoms with Gasteiger partial charge in [-0.3, -0.25) is 4.79 Å². The van der Waals surface area contributed by atoms with Crippen LogP contribution in [-0.2, 0) is 6.18 Å². The molecule has 0 saturated carbocycles. The van der Waals surface area contributed by atoms with Crippen molar-refractivity contribution in [3.63, 3.8) is 0 Å². The van der Waals surface area contributed by atoms with E-state index in [0.717, 1.165) is 23.5 Å². The number of piperidine rings is 1. The van der Waals surface area contributed by atoms with Gasteiger partial charge in [0.25, 0.3) is 5.91 Å². The Labute approximate surface area is 227 Å². The fourth-order valence-corrected chi connectivity index (χ4v) is 4.51. The Balaban J connectivity index is 1.39. The van der Waals surface area contributed by atoms with E-state index in [2.05, 4.69) is 32.1 Å². The van der Waals surface area contributed by atoms with Crippen LogP contribution in [0.4, 0.5) is 24.7 Å². The summed E-state index contributed by atoms with van der Waals surface area (Å²) in [7, 11) is 0. The average Bonchev–Trinajstić information content (AvgIpc) is 3.30. The summed E-state index contributed by atoms with van der Waals surface area (Å²) in [6.45, 7) is 3.25. The molecule has 0 spiro atoms. The van der Waals surface area contributed by atoms with Gasteiger partial charge in [0.1, 0.15) is 11.5 Å². The summed E-state index contributed by atoms with van der Waals surface area (Å²) >= 11 is 5.83. The smallest absolute Gasteiger partial charge is 0.393 e. The van der Waals surface area contributed by atoms with E-state index in [9.17, 15) is 23.1 Å². The number of amides is 1. The Kier molecular flexibility index (Phi) is 7.21. The van der Waals surface area contributed by atoms with Gasteiger partial charge < -0.3 is 15.3 Å². The van der Waals surface area contributed by atoms with Crippen molar-refractivity contribution in [3.05, 3.63) is 87.7 Å². The second-order valence-electron chi connectivity index (χ2n) is 9.28. The molecular weight excluding hydrogens is 531 g/mol. The number of fused-ring (bicyclic) bond motifs is 1. The molecule has 1 aliphatic heterocycles. The molecule has 0 atom stereocenters. The summed E-state index contributed by atoms with van der Waals surface area (Å²) in [5.41, 5.74) is 1.77. The van der Waals surface area contributed by atoms with Crippen LogP contribution in [0.5, 0.6) is 0 Å². The van der Waals surface area contributed by atoms with Crippen molar-refractivity contribution in [1.82, 2.24) is 14.6 Å². The molecule has 2 aromatic heterocycles. The zero-order valence-corrected chi connectivity index (χ0v) is 21.5. The molecule has 11 heteroatoms. The van der Waals surface area contributed by atoms with E-state index in [1.54, 1.807) is 28.9 Å². The van der Waals surface area contributed by atoms with Crippen molar-refractivity contribution in [3.8, 4) is 11.8 Å². The highest BCUT2D eigenvalue weighted by Crippen LogP contribution is 2.33. The number of carbonyl (C=O) groups excluding carboxylic acids is 1. The van der Waals surface area contributed by atoms with E-state index >= 15 is 0 Å². The van der Waals surface area contributed by atoms with Crippen LogP contribution in [0, 0.1) is 18.8 Å². The Hall–Kier alpha value is -4.07. The lowest BCUT2D eigenvalue weighted by atomic mass is 10.0. The fourth-order valence-electron chi connectivity index (χ4n) is 4.27. The highest BCUT2D eigenvalue weighted by atomic mass is 35.5. The van der Waals surface area contributed by atoms with Gasteiger partial charge in [-0.05, 0) is 73.7 Å². The molecule has 1 saturated heterocycles. The SMILES string of the molecule is Cc1ccc(C(=O)Nc2cc(Cl)cc(C(F)(F)F)c2)cc1C#Cc1cnc2ccc(N3CCC(O)CC3)nn12. The van der Waals surface area contributed by atoms with Gasteiger partial charge in [0, 0.05) is 34.9 Å². The van der Waals surface area contributed by atoms with Gasteiger partial charge in [-0.2, -0.15) is 13.2 Å². The van der Waals surface area contributed by atoms with Gasteiger partial charge >= 0.3 is 6.18 Å². The third kappa shape index (κ3) is 6.00. The minimum atomic E-state index is -4.60. The zero-order chi connectivity index (χ0) is 27.7. The van der Waals surface area contributed by atoms with Crippen LogP contribution in [-0.4, -0.2) is 44.8 Å². The number of halogens is 4. The molecule has 2 N–H and O–H groups in total. The number of anilines is 2. The highest BCUT2D eigenvalue weighted by molar-refractivity contribution is 6.31. The van der Waals surface area contributed by atoms with Crippen molar-refractivity contribution in [1.29, 1.82) is 0 Å². The normalized spacial score (nSPS) is 14.3. The highest BCUT2D eigenvalue weighted by Gasteiger charge is 2.31. The summed E-state index contributed by atoms with van der Waals surface area (Å²) in [6.07, 6.45) is -1.91. The van der Waals surface area contributed by atoms with Crippen LogP contribution in [0.1, 0.15) is 45.6 Å². The van der Waals surface area contributed by atoms with Crippen LogP contribution in [0.2, 0.25) is 5.02 Å². The number of nitrogens with zero attached hydrogens (tertiary/aromatic N) is 4. The lowest BCUT2D eigenvalue weighted by molar-refractivity contribution is -0.137. The maximum Gasteiger partial charge on any atom is 0.416 e. The number of rotatable bonds is 3. The van der Waals surface area contributed by atoms with Crippen LogP contribution in [0.15, 0.2) is 54.7 Å². The molecule has 1 fully saturated rings. The molecule has 1 amide bonds. The molecule has 7 nitrogen and oxygen atoms in total. The molecule has 2 aromatic carbocycles. The van der Waals surface area contributed by atoms with E-state index in [-0.39, 0.29) is 22.4 Å². The van der Waals surface area contributed by atoms with E-state index in [4.69, 9.17) is 11.6 Å². The average molecular weight is 554 g/mol. The number of aromatic nitrogens is 3. The Morgan fingerprint density at radius 1 is 1.10 bits per heavy atom. The number of benzene rings is 2. The molecule has 39 heavy (non-hydrogen) atoms. The molecule has 0 unspecified atom stereocenters. The zero-order valence-electron chi connectivity index (χ0n) is 20.8. The number of aliphatic hydroxyl groups excluding tert-OH is 1. The minimum absolute atomic E-state index is 0.0659. The maximum atomic E-state index is 13.1. The van der Waals surface area contributed by atoms with Crippen LogP contribution in [0.3, 0.4) is 0 Å². The molecule has 0 radical (unpaired) electrons. The number of alkyl halides is 3. The first kappa shape index (κ1) is 26.5. The number of hydrogen-bond acceptors (Lipinski definition) is 5. The summed E-state index contributed by atoms with van der Waals surface area (Å²) < 4.78 is 41.0. The van der Waals surface area contributed by atoms with Crippen molar-refractivity contribution in [2.24, 2.45) is 0 Å². The molecule has 0 aliphatic carbocycles. The first-order valence-corrected chi connectivity index (χ1v) is 12.5. The van der Waals surface area contributed by atoms with Gasteiger partial charge in [0.15, 0.2) is 5.65 Å². The van der Waals surface area contributed by atoms with Crippen LogP contribution >= 0.6 is 11.6 Å². The molecule has 200 valence electrons. The number of aliphatic hydroxyl groups is 1. The molecule has 1 aliphatic rings. The lowest BCUT2D eigenvalue weighted by Crippen LogP contribution is -2.36. The molecule has 4 aromatic rings. The quantitative estimate of drug-likeness (QED) is 0.335. The van der Waals surface area contributed by atoms with Crippen molar-refractivity contribution in [2.45, 2.75) is 32.0 Å². The summed E-state index contributed by atoms with van der Waals surface area (Å²) in [5, 5.41) is 16.8. The molecule has 0 bridgehead atoms. The van der Waals surface area contributed by atoms with Crippen molar-refractivity contribution < 1.29 is 23.1 Å². The van der Waals surface area contributed by atoms with Gasteiger partial charge in [-0.15, -0.1) is 5.10 Å². The van der Waals surface area contributed by atoms with Crippen molar-refractivity contribution in [2.75, 3.05) is 23.3 Å². The largest absolute Gasteiger partial charge is 0.416 e. The van der Waals surface area contributed by atoms with E-state index in [1.165, 1.54) is 6.07 Å². The minimum Gasteiger partial charge on any atom is -0.393 e. The van der Waals surface area contributed by atoms with Crippen molar-refractivity contribution >= 4 is 34.7 Å². The number of hydrogen-bond donors (Lipinski definition) is 2. The number of imidazole rings is 1. The topological polar surface area (TPSA) is 82.8 Å². The van der Waals surface area contributed by atoms with Gasteiger partial charge in [-0.25, -0.2) is 9.50 Å². The third-order valence-corrected chi connectivity index (χ3v) is 6.66. The summed E-state index contributed by atoms with van der Waals surface area (Å²) in [5.74, 6) is 6.29. The molecular formula is C28H23ClF3N5O2. The number of aryl methyl sites for hydroxylation is 1.